The van der Waals surface area contributed by atoms with E-state index >= 15 is 0 Å². The molecule has 0 aliphatic rings. The second-order valence-electron chi connectivity index (χ2n) is 1.34. The average molecular weight is 132 g/mol. The standard InChI is InChI=1S/C5H8O4/c1-2-4(3-6)9-5(7)8/h2,4,6H,1,3H2,(H,7,8). The van der Waals surface area contributed by atoms with Crippen molar-refractivity contribution in [3.05, 3.63) is 12.7 Å². The molecular weight excluding hydrogens is 124 g/mol. The Balaban J connectivity index is 3.55. The number of aliphatic hydroxyl groups excluding tert-OH is 1. The van der Waals surface area contributed by atoms with Crippen molar-refractivity contribution < 1.29 is 19.7 Å². The lowest BCUT2D eigenvalue weighted by Gasteiger charge is -2.05. The third kappa shape index (κ3) is 3.54. The van der Waals surface area contributed by atoms with Crippen LogP contribution < -0.4 is 0 Å². The van der Waals surface area contributed by atoms with Crippen LogP contribution in [0.2, 0.25) is 0 Å². The zero-order chi connectivity index (χ0) is 7.28. The number of hydrogen-bond donors (Lipinski definition) is 2. The van der Waals surface area contributed by atoms with E-state index in [9.17, 15) is 4.79 Å². The Morgan fingerprint density at radius 1 is 1.89 bits per heavy atom. The SMILES string of the molecule is C=CC(CO)OC(=O)O. The molecular formula is C5H8O4. The molecule has 2 N–H and O–H groups in total. The third-order valence-electron chi connectivity index (χ3n) is 0.695. The van der Waals surface area contributed by atoms with Gasteiger partial charge >= 0.3 is 6.16 Å². The van der Waals surface area contributed by atoms with Gasteiger partial charge in [0.15, 0.2) is 0 Å². The Morgan fingerprint density at radius 2 is 2.44 bits per heavy atom. The van der Waals surface area contributed by atoms with Crippen LogP contribution in [0.15, 0.2) is 12.7 Å². The first kappa shape index (κ1) is 7.97. The Morgan fingerprint density at radius 3 is 2.56 bits per heavy atom. The Hall–Kier alpha value is -1.03. The lowest BCUT2D eigenvalue weighted by Crippen LogP contribution is -2.17. The van der Waals surface area contributed by atoms with Gasteiger partial charge in [-0.15, -0.1) is 0 Å². The molecule has 52 valence electrons. The summed E-state index contributed by atoms with van der Waals surface area (Å²) in [5.74, 6) is 0. The Kier molecular flexibility index (Phi) is 3.46. The van der Waals surface area contributed by atoms with Crippen LogP contribution in [0.4, 0.5) is 4.79 Å². The molecule has 0 saturated heterocycles. The summed E-state index contributed by atoms with van der Waals surface area (Å²) in [5, 5.41) is 16.3. The molecule has 1 unspecified atom stereocenters. The minimum absolute atomic E-state index is 0.365. The first-order valence-electron chi connectivity index (χ1n) is 2.33. The lowest BCUT2D eigenvalue weighted by molar-refractivity contribution is 0.0449. The molecule has 0 aliphatic carbocycles. The highest BCUT2D eigenvalue weighted by Crippen LogP contribution is 1.90. The lowest BCUT2D eigenvalue weighted by atomic mass is 10.4. The molecule has 4 heteroatoms. The monoisotopic (exact) mass is 132 g/mol. The summed E-state index contributed by atoms with van der Waals surface area (Å²) in [7, 11) is 0. The van der Waals surface area contributed by atoms with E-state index in [-0.39, 0.29) is 6.61 Å². The van der Waals surface area contributed by atoms with E-state index < -0.39 is 12.3 Å². The summed E-state index contributed by atoms with van der Waals surface area (Å²) in [6, 6.07) is 0. The molecule has 0 aromatic carbocycles. The Bertz CT molecular complexity index is 110. The van der Waals surface area contributed by atoms with E-state index in [2.05, 4.69) is 11.3 Å². The number of carboxylic acid groups (broad SMARTS) is 1. The van der Waals surface area contributed by atoms with Crippen LogP contribution in [-0.2, 0) is 4.74 Å². The highest BCUT2D eigenvalue weighted by Gasteiger charge is 2.05. The number of carbonyl (C=O) groups is 1. The van der Waals surface area contributed by atoms with Crippen molar-refractivity contribution in [3.8, 4) is 0 Å². The molecule has 0 bridgehead atoms. The molecule has 0 aromatic heterocycles. The van der Waals surface area contributed by atoms with Crippen LogP contribution in [0, 0.1) is 0 Å². The molecule has 0 heterocycles. The van der Waals surface area contributed by atoms with Crippen molar-refractivity contribution in [2.24, 2.45) is 0 Å². The molecule has 0 rings (SSSR count). The van der Waals surface area contributed by atoms with Crippen molar-refractivity contribution in [2.45, 2.75) is 6.10 Å². The van der Waals surface area contributed by atoms with Gasteiger partial charge in [-0.05, 0) is 6.08 Å². The molecule has 0 spiro atoms. The van der Waals surface area contributed by atoms with Gasteiger partial charge in [0.2, 0.25) is 0 Å². The predicted octanol–water partition coefficient (Wildman–Crippen LogP) is 0.228. The summed E-state index contributed by atoms with van der Waals surface area (Å²) in [6.07, 6.45) is -0.995. The molecule has 0 saturated carbocycles. The van der Waals surface area contributed by atoms with Gasteiger partial charge in [-0.3, -0.25) is 0 Å². The Labute approximate surface area is 52.4 Å². The van der Waals surface area contributed by atoms with Gasteiger partial charge in [0.25, 0.3) is 0 Å². The van der Waals surface area contributed by atoms with E-state index in [1.165, 1.54) is 6.08 Å². The smallest absolute Gasteiger partial charge is 0.450 e. The number of rotatable bonds is 3. The summed E-state index contributed by atoms with van der Waals surface area (Å²) in [6.45, 7) is 2.87. The van der Waals surface area contributed by atoms with Gasteiger partial charge in [-0.1, -0.05) is 6.58 Å². The van der Waals surface area contributed by atoms with Gasteiger partial charge in [-0.25, -0.2) is 4.79 Å². The van der Waals surface area contributed by atoms with E-state index in [0.29, 0.717) is 0 Å². The van der Waals surface area contributed by atoms with Crippen molar-refractivity contribution in [3.63, 3.8) is 0 Å². The largest absolute Gasteiger partial charge is 0.506 e. The summed E-state index contributed by atoms with van der Waals surface area (Å²) >= 11 is 0. The second-order valence-corrected chi connectivity index (χ2v) is 1.34. The third-order valence-corrected chi connectivity index (χ3v) is 0.695. The number of ether oxygens (including phenoxy) is 1. The molecule has 0 amide bonds. The zero-order valence-electron chi connectivity index (χ0n) is 4.78. The van der Waals surface area contributed by atoms with Gasteiger partial charge in [0.05, 0.1) is 6.61 Å². The predicted molar refractivity (Wildman–Crippen MR) is 30.2 cm³/mol. The fourth-order valence-corrected chi connectivity index (χ4v) is 0.289. The highest BCUT2D eigenvalue weighted by molar-refractivity contribution is 5.57. The van der Waals surface area contributed by atoms with Crippen LogP contribution in [0.5, 0.6) is 0 Å². The minimum atomic E-state index is -1.41. The highest BCUT2D eigenvalue weighted by atomic mass is 16.7. The van der Waals surface area contributed by atoms with Crippen molar-refractivity contribution >= 4 is 6.16 Å². The maximum atomic E-state index is 9.75. The molecule has 9 heavy (non-hydrogen) atoms. The van der Waals surface area contributed by atoms with E-state index in [4.69, 9.17) is 10.2 Å². The van der Waals surface area contributed by atoms with Crippen molar-refractivity contribution in [2.75, 3.05) is 6.61 Å². The van der Waals surface area contributed by atoms with Gasteiger partial charge in [0, 0.05) is 0 Å². The van der Waals surface area contributed by atoms with E-state index in [0.717, 1.165) is 0 Å². The van der Waals surface area contributed by atoms with E-state index in [1.54, 1.807) is 0 Å². The normalized spacial score (nSPS) is 12.1. The topological polar surface area (TPSA) is 66.8 Å². The molecule has 0 radical (unpaired) electrons. The molecule has 4 nitrogen and oxygen atoms in total. The van der Waals surface area contributed by atoms with Crippen molar-refractivity contribution in [1.29, 1.82) is 0 Å². The summed E-state index contributed by atoms with van der Waals surface area (Å²) < 4.78 is 4.10. The maximum Gasteiger partial charge on any atom is 0.506 e. The zero-order valence-corrected chi connectivity index (χ0v) is 4.78. The van der Waals surface area contributed by atoms with Crippen LogP contribution in [0.3, 0.4) is 0 Å². The molecule has 0 aromatic rings. The van der Waals surface area contributed by atoms with Crippen LogP contribution in [-0.4, -0.2) is 29.1 Å². The molecule has 0 fully saturated rings. The fourth-order valence-electron chi connectivity index (χ4n) is 0.289. The quantitative estimate of drug-likeness (QED) is 0.426. The molecule has 0 aliphatic heterocycles. The van der Waals surface area contributed by atoms with Gasteiger partial charge in [0.1, 0.15) is 6.10 Å². The number of aliphatic hydroxyl groups is 1. The molecule has 1 atom stereocenters. The summed E-state index contributed by atoms with van der Waals surface area (Å²) in [5.41, 5.74) is 0. The first-order valence-corrected chi connectivity index (χ1v) is 2.33. The minimum Gasteiger partial charge on any atom is -0.450 e. The van der Waals surface area contributed by atoms with E-state index in [1.807, 2.05) is 0 Å². The van der Waals surface area contributed by atoms with Crippen LogP contribution >= 0.6 is 0 Å². The fraction of sp³-hybridized carbons (Fsp3) is 0.400. The van der Waals surface area contributed by atoms with Gasteiger partial charge in [-0.2, -0.15) is 0 Å². The van der Waals surface area contributed by atoms with Crippen LogP contribution in [0.1, 0.15) is 0 Å². The van der Waals surface area contributed by atoms with Crippen molar-refractivity contribution in [1.82, 2.24) is 0 Å². The second kappa shape index (κ2) is 3.91. The van der Waals surface area contributed by atoms with Crippen LogP contribution in [0.25, 0.3) is 0 Å². The summed E-state index contributed by atoms with van der Waals surface area (Å²) in [4.78, 5) is 9.75. The first-order chi connectivity index (χ1) is 4.20. The number of hydrogen-bond acceptors (Lipinski definition) is 3. The average Bonchev–Trinajstić information content (AvgIpc) is 1.82. The maximum absolute atomic E-state index is 9.75. The van der Waals surface area contributed by atoms with Gasteiger partial charge < -0.3 is 14.9 Å².